The summed E-state index contributed by atoms with van der Waals surface area (Å²) in [4.78, 5) is 0. The Hall–Kier alpha value is -3.72. The second-order valence-corrected chi connectivity index (χ2v) is 8.56. The summed E-state index contributed by atoms with van der Waals surface area (Å²) in [7, 11) is 0. The molecule has 0 heterocycles. The number of benzene rings is 3. The van der Waals surface area contributed by atoms with Crippen LogP contribution in [0.15, 0.2) is 108 Å². The van der Waals surface area contributed by atoms with E-state index in [2.05, 4.69) is 32.1 Å². The minimum absolute atomic E-state index is 0.241. The van der Waals surface area contributed by atoms with Crippen molar-refractivity contribution in [1.29, 1.82) is 0 Å². The number of hydrogen-bond acceptors (Lipinski definition) is 3. The Morgan fingerprint density at radius 1 is 0.719 bits per heavy atom. The number of rotatable bonds is 5. The van der Waals surface area contributed by atoms with E-state index < -0.39 is 5.41 Å². The van der Waals surface area contributed by atoms with Crippen LogP contribution in [0.2, 0.25) is 0 Å². The lowest BCUT2D eigenvalue weighted by Gasteiger charge is -2.34. The summed E-state index contributed by atoms with van der Waals surface area (Å²) >= 11 is 0. The lowest BCUT2D eigenvalue weighted by molar-refractivity contribution is 0.474. The zero-order valence-corrected chi connectivity index (χ0v) is 18.4. The van der Waals surface area contributed by atoms with Crippen molar-refractivity contribution >= 4 is 0 Å². The van der Waals surface area contributed by atoms with Gasteiger partial charge in [-0.3, -0.25) is 0 Å². The van der Waals surface area contributed by atoms with Crippen LogP contribution in [0.5, 0.6) is 17.2 Å². The SMILES string of the molecule is CC(Cc1ccc(O)cc1)=C1C=CC(C(C)(c2ccc(O)cc2)c2ccc(O)cc2)=CC1. The van der Waals surface area contributed by atoms with E-state index in [4.69, 9.17) is 0 Å². The normalized spacial score (nSPS) is 15.4. The molecule has 0 unspecified atom stereocenters. The molecule has 4 rings (SSSR count). The van der Waals surface area contributed by atoms with Gasteiger partial charge in [0.15, 0.2) is 0 Å². The van der Waals surface area contributed by atoms with E-state index in [0.717, 1.165) is 24.0 Å². The Balaban J connectivity index is 1.67. The molecule has 3 N–H and O–H groups in total. The molecule has 0 fully saturated rings. The van der Waals surface area contributed by atoms with Gasteiger partial charge in [-0.15, -0.1) is 0 Å². The minimum atomic E-state index is -0.422. The Kier molecular flexibility index (Phi) is 5.91. The minimum Gasteiger partial charge on any atom is -0.508 e. The van der Waals surface area contributed by atoms with E-state index in [1.54, 1.807) is 36.4 Å². The molecule has 0 saturated heterocycles. The van der Waals surface area contributed by atoms with Crippen molar-refractivity contribution in [3.05, 3.63) is 124 Å². The van der Waals surface area contributed by atoms with Crippen molar-refractivity contribution < 1.29 is 15.3 Å². The molecule has 0 saturated carbocycles. The average Bonchev–Trinajstić information content (AvgIpc) is 2.81. The summed E-state index contributed by atoms with van der Waals surface area (Å²) in [6.45, 7) is 4.34. The third kappa shape index (κ3) is 4.33. The highest BCUT2D eigenvalue weighted by atomic mass is 16.3. The van der Waals surface area contributed by atoms with E-state index in [1.807, 2.05) is 36.4 Å². The van der Waals surface area contributed by atoms with Gasteiger partial charge >= 0.3 is 0 Å². The quantitative estimate of drug-likeness (QED) is 0.435. The predicted octanol–water partition coefficient (Wildman–Crippen LogP) is 6.55. The van der Waals surface area contributed by atoms with Crippen LogP contribution in [0, 0.1) is 0 Å². The Labute approximate surface area is 189 Å². The summed E-state index contributed by atoms with van der Waals surface area (Å²) in [6, 6.07) is 22.1. The van der Waals surface area contributed by atoms with Gasteiger partial charge in [-0.25, -0.2) is 0 Å². The molecule has 0 bridgehead atoms. The summed E-state index contributed by atoms with van der Waals surface area (Å²) in [5, 5.41) is 29.1. The maximum Gasteiger partial charge on any atom is 0.115 e. The van der Waals surface area contributed by atoms with Gasteiger partial charge in [0.2, 0.25) is 0 Å². The third-order valence-corrected chi connectivity index (χ3v) is 6.43. The van der Waals surface area contributed by atoms with Crippen LogP contribution in [-0.4, -0.2) is 15.3 Å². The summed E-state index contributed by atoms with van der Waals surface area (Å²) in [5.74, 6) is 0.766. The highest BCUT2D eigenvalue weighted by molar-refractivity contribution is 5.55. The molecule has 32 heavy (non-hydrogen) atoms. The van der Waals surface area contributed by atoms with Crippen LogP contribution in [0.3, 0.4) is 0 Å². The van der Waals surface area contributed by atoms with Crippen molar-refractivity contribution in [2.75, 3.05) is 0 Å². The number of aromatic hydroxyl groups is 3. The fourth-order valence-corrected chi connectivity index (χ4v) is 4.36. The van der Waals surface area contributed by atoms with Crippen molar-refractivity contribution in [3.63, 3.8) is 0 Å². The second-order valence-electron chi connectivity index (χ2n) is 8.56. The van der Waals surface area contributed by atoms with E-state index in [9.17, 15) is 15.3 Å². The van der Waals surface area contributed by atoms with Gasteiger partial charge in [-0.1, -0.05) is 60.2 Å². The summed E-state index contributed by atoms with van der Waals surface area (Å²) < 4.78 is 0. The molecule has 0 aliphatic heterocycles. The highest BCUT2D eigenvalue weighted by Gasteiger charge is 2.33. The zero-order valence-electron chi connectivity index (χ0n) is 18.4. The molecule has 3 aromatic rings. The van der Waals surface area contributed by atoms with Crippen LogP contribution < -0.4 is 0 Å². The fourth-order valence-electron chi connectivity index (χ4n) is 4.36. The van der Waals surface area contributed by atoms with Gasteiger partial charge in [-0.2, -0.15) is 0 Å². The molecular weight excluding hydrogens is 396 g/mol. The molecule has 1 aliphatic carbocycles. The first kappa shape index (κ1) is 21.5. The number of allylic oxidation sites excluding steroid dienone is 6. The van der Waals surface area contributed by atoms with Crippen LogP contribution in [0.4, 0.5) is 0 Å². The number of phenols is 3. The molecule has 1 aliphatic rings. The molecule has 0 spiro atoms. The Bertz CT molecular complexity index is 1130. The number of phenolic OH excluding ortho intramolecular Hbond substituents is 3. The van der Waals surface area contributed by atoms with E-state index in [0.29, 0.717) is 0 Å². The lowest BCUT2D eigenvalue weighted by Crippen LogP contribution is -2.26. The van der Waals surface area contributed by atoms with E-state index >= 15 is 0 Å². The highest BCUT2D eigenvalue weighted by Crippen LogP contribution is 2.42. The largest absolute Gasteiger partial charge is 0.508 e. The first-order valence-electron chi connectivity index (χ1n) is 10.8. The molecule has 0 radical (unpaired) electrons. The van der Waals surface area contributed by atoms with Crippen LogP contribution in [-0.2, 0) is 11.8 Å². The third-order valence-electron chi connectivity index (χ3n) is 6.43. The topological polar surface area (TPSA) is 60.7 Å². The zero-order chi connectivity index (χ0) is 22.7. The molecule has 3 heteroatoms. The average molecular weight is 425 g/mol. The maximum atomic E-state index is 9.79. The van der Waals surface area contributed by atoms with Crippen LogP contribution >= 0.6 is 0 Å². The molecule has 3 nitrogen and oxygen atoms in total. The second kappa shape index (κ2) is 8.80. The lowest BCUT2D eigenvalue weighted by atomic mass is 9.69. The van der Waals surface area contributed by atoms with Gasteiger partial charge in [0.25, 0.3) is 0 Å². The Morgan fingerprint density at radius 2 is 1.19 bits per heavy atom. The molecule has 3 aromatic carbocycles. The Morgan fingerprint density at radius 3 is 1.62 bits per heavy atom. The molecule has 162 valence electrons. The summed E-state index contributed by atoms with van der Waals surface area (Å²) in [6.07, 6.45) is 8.33. The van der Waals surface area contributed by atoms with Crippen LogP contribution in [0.25, 0.3) is 0 Å². The molecular formula is C29H28O3. The standard InChI is InChI=1S/C29H28O3/c1-20(19-21-3-13-26(30)14-4-21)22-5-7-23(8-6-22)29(2,24-9-15-27(31)16-10-24)25-11-17-28(32)18-12-25/h3-5,7-18,30-32H,6,19H2,1-2H3. The van der Waals surface area contributed by atoms with Gasteiger partial charge in [-0.05, 0) is 90.9 Å². The summed E-state index contributed by atoms with van der Waals surface area (Å²) in [5.41, 5.74) is 6.67. The monoisotopic (exact) mass is 424 g/mol. The van der Waals surface area contributed by atoms with E-state index in [-0.39, 0.29) is 17.2 Å². The maximum absolute atomic E-state index is 9.79. The van der Waals surface area contributed by atoms with Crippen molar-refractivity contribution in [2.45, 2.75) is 32.1 Å². The van der Waals surface area contributed by atoms with Crippen molar-refractivity contribution in [2.24, 2.45) is 0 Å². The van der Waals surface area contributed by atoms with Crippen LogP contribution in [0.1, 0.15) is 37.0 Å². The molecule has 0 amide bonds. The molecule has 0 aromatic heterocycles. The van der Waals surface area contributed by atoms with Gasteiger partial charge in [0, 0.05) is 5.41 Å². The fraction of sp³-hybridized carbons (Fsp3) is 0.172. The molecule has 0 atom stereocenters. The number of hydrogen-bond donors (Lipinski definition) is 3. The van der Waals surface area contributed by atoms with Crippen molar-refractivity contribution in [3.8, 4) is 17.2 Å². The predicted molar refractivity (Wildman–Crippen MR) is 129 cm³/mol. The van der Waals surface area contributed by atoms with Gasteiger partial charge in [0.05, 0.1) is 0 Å². The smallest absolute Gasteiger partial charge is 0.115 e. The first-order chi connectivity index (χ1) is 15.4. The van der Waals surface area contributed by atoms with E-state index in [1.165, 1.54) is 22.3 Å². The van der Waals surface area contributed by atoms with Crippen molar-refractivity contribution in [1.82, 2.24) is 0 Å². The first-order valence-corrected chi connectivity index (χ1v) is 10.8. The van der Waals surface area contributed by atoms with Gasteiger partial charge in [0.1, 0.15) is 17.2 Å². The van der Waals surface area contributed by atoms with Gasteiger partial charge < -0.3 is 15.3 Å².